The fourth-order valence-corrected chi connectivity index (χ4v) is 3.80. The first-order valence-corrected chi connectivity index (χ1v) is 8.29. The van der Waals surface area contributed by atoms with Gasteiger partial charge in [-0.3, -0.25) is 4.79 Å². The van der Waals surface area contributed by atoms with Crippen LogP contribution in [0.5, 0.6) is 0 Å². The zero-order chi connectivity index (χ0) is 14.3. The molecule has 0 aromatic heterocycles. The zero-order valence-corrected chi connectivity index (χ0v) is 12.1. The van der Waals surface area contributed by atoms with E-state index in [-0.39, 0.29) is 5.91 Å². The predicted octanol–water partition coefficient (Wildman–Crippen LogP) is 0.0301. The minimum atomic E-state index is -3.19. The van der Waals surface area contributed by atoms with E-state index in [0.29, 0.717) is 44.9 Å². The maximum atomic E-state index is 12.4. The summed E-state index contributed by atoms with van der Waals surface area (Å²) in [5, 5.41) is 9.23. The molecule has 1 saturated carbocycles. The summed E-state index contributed by atoms with van der Waals surface area (Å²) in [6.07, 6.45) is 2.41. The van der Waals surface area contributed by atoms with Crippen LogP contribution in [0.4, 0.5) is 0 Å². The number of nitriles is 1. The van der Waals surface area contributed by atoms with Gasteiger partial charge < -0.3 is 4.90 Å². The number of hydrogen-bond donors (Lipinski definition) is 0. The van der Waals surface area contributed by atoms with E-state index in [1.807, 2.05) is 6.92 Å². The molecule has 0 spiro atoms. The number of carbonyl (C=O) groups is 1. The van der Waals surface area contributed by atoms with E-state index in [1.165, 1.54) is 10.6 Å². The first-order chi connectivity index (χ1) is 8.78. The number of rotatable bonds is 2. The van der Waals surface area contributed by atoms with Gasteiger partial charge in [0.05, 0.1) is 12.3 Å². The van der Waals surface area contributed by atoms with E-state index in [0.717, 1.165) is 0 Å². The molecule has 0 atom stereocenters. The smallest absolute Gasteiger partial charge is 0.243 e. The van der Waals surface area contributed by atoms with E-state index in [2.05, 4.69) is 6.07 Å². The SMILES string of the molecule is CC1CC(C#N)(C(=O)N2CCN(S(C)(=O)=O)CC2)C1. The second-order valence-corrected chi connectivity index (χ2v) is 7.64. The topological polar surface area (TPSA) is 81.5 Å². The lowest BCUT2D eigenvalue weighted by atomic mass is 9.62. The largest absolute Gasteiger partial charge is 0.339 e. The standard InChI is InChI=1S/C12H19N3O3S/c1-10-7-12(8-10,9-13)11(16)14-3-5-15(6-4-14)19(2,17)18/h10H,3-8H2,1-2H3. The summed E-state index contributed by atoms with van der Waals surface area (Å²) in [5.41, 5.74) is -0.854. The van der Waals surface area contributed by atoms with Gasteiger partial charge in [0.1, 0.15) is 5.41 Å². The van der Waals surface area contributed by atoms with Crippen LogP contribution in [-0.2, 0) is 14.8 Å². The highest BCUT2D eigenvalue weighted by Crippen LogP contribution is 2.46. The monoisotopic (exact) mass is 285 g/mol. The highest BCUT2D eigenvalue weighted by atomic mass is 32.2. The van der Waals surface area contributed by atoms with Gasteiger partial charge >= 0.3 is 0 Å². The van der Waals surface area contributed by atoms with Gasteiger partial charge in [-0.05, 0) is 18.8 Å². The number of sulfonamides is 1. The van der Waals surface area contributed by atoms with Gasteiger partial charge in [-0.25, -0.2) is 8.42 Å². The third-order valence-corrected chi connectivity index (χ3v) is 5.32. The van der Waals surface area contributed by atoms with Crippen molar-refractivity contribution in [1.82, 2.24) is 9.21 Å². The minimum absolute atomic E-state index is 0.124. The molecule has 0 aromatic rings. The Morgan fingerprint density at radius 1 is 1.26 bits per heavy atom. The van der Waals surface area contributed by atoms with E-state index in [4.69, 9.17) is 0 Å². The van der Waals surface area contributed by atoms with Gasteiger partial charge in [0.25, 0.3) is 0 Å². The maximum Gasteiger partial charge on any atom is 0.243 e. The number of hydrogen-bond acceptors (Lipinski definition) is 4. The fourth-order valence-electron chi connectivity index (χ4n) is 2.97. The van der Waals surface area contributed by atoms with Crippen molar-refractivity contribution < 1.29 is 13.2 Å². The van der Waals surface area contributed by atoms with Crippen molar-refractivity contribution in [2.24, 2.45) is 11.3 Å². The molecule has 1 amide bonds. The Bertz CT molecular complexity index is 509. The Morgan fingerprint density at radius 2 is 1.79 bits per heavy atom. The number of amides is 1. The van der Waals surface area contributed by atoms with E-state index in [1.54, 1.807) is 4.90 Å². The van der Waals surface area contributed by atoms with Crippen molar-refractivity contribution in [3.8, 4) is 6.07 Å². The Hall–Kier alpha value is -1.13. The molecule has 19 heavy (non-hydrogen) atoms. The molecular weight excluding hydrogens is 266 g/mol. The fraction of sp³-hybridized carbons (Fsp3) is 0.833. The molecule has 0 aromatic carbocycles. The Balaban J connectivity index is 1.99. The second kappa shape index (κ2) is 4.76. The number of carbonyl (C=O) groups excluding carboxylic acids is 1. The van der Waals surface area contributed by atoms with Gasteiger partial charge in [0.15, 0.2) is 0 Å². The summed E-state index contributed by atoms with van der Waals surface area (Å²) in [6.45, 7) is 3.43. The van der Waals surface area contributed by atoms with Crippen LogP contribution in [0.2, 0.25) is 0 Å². The van der Waals surface area contributed by atoms with Crippen molar-refractivity contribution in [3.63, 3.8) is 0 Å². The van der Waals surface area contributed by atoms with Gasteiger partial charge in [-0.1, -0.05) is 6.92 Å². The molecule has 2 aliphatic rings. The van der Waals surface area contributed by atoms with Crippen LogP contribution in [-0.4, -0.2) is 56.0 Å². The van der Waals surface area contributed by atoms with Crippen LogP contribution < -0.4 is 0 Å². The molecule has 1 aliphatic heterocycles. The Morgan fingerprint density at radius 3 is 2.16 bits per heavy atom. The van der Waals surface area contributed by atoms with Crippen LogP contribution in [0.15, 0.2) is 0 Å². The highest BCUT2D eigenvalue weighted by Gasteiger charge is 2.51. The molecule has 0 unspecified atom stereocenters. The van der Waals surface area contributed by atoms with E-state index >= 15 is 0 Å². The molecule has 6 nitrogen and oxygen atoms in total. The van der Waals surface area contributed by atoms with Crippen molar-refractivity contribution in [2.75, 3.05) is 32.4 Å². The van der Waals surface area contributed by atoms with Crippen LogP contribution in [0.25, 0.3) is 0 Å². The van der Waals surface area contributed by atoms with Crippen molar-refractivity contribution in [3.05, 3.63) is 0 Å². The first-order valence-electron chi connectivity index (χ1n) is 6.44. The minimum Gasteiger partial charge on any atom is -0.339 e. The molecule has 106 valence electrons. The van der Waals surface area contributed by atoms with Crippen LogP contribution in [0, 0.1) is 22.7 Å². The van der Waals surface area contributed by atoms with Gasteiger partial charge in [0.2, 0.25) is 15.9 Å². The molecule has 1 aliphatic carbocycles. The molecule has 2 fully saturated rings. The van der Waals surface area contributed by atoms with E-state index < -0.39 is 15.4 Å². The number of nitrogens with zero attached hydrogens (tertiary/aromatic N) is 3. The lowest BCUT2D eigenvalue weighted by Crippen LogP contribution is -2.56. The maximum absolute atomic E-state index is 12.4. The molecule has 0 bridgehead atoms. The summed E-state index contributed by atoms with van der Waals surface area (Å²) in [4.78, 5) is 14.0. The summed E-state index contributed by atoms with van der Waals surface area (Å²) in [5.74, 6) is 0.294. The Kier molecular flexibility index (Phi) is 3.58. The van der Waals surface area contributed by atoms with Crippen LogP contribution in [0.1, 0.15) is 19.8 Å². The number of piperazine rings is 1. The van der Waals surface area contributed by atoms with Gasteiger partial charge in [-0.15, -0.1) is 0 Å². The molecule has 0 radical (unpaired) electrons. The molecule has 0 N–H and O–H groups in total. The van der Waals surface area contributed by atoms with Crippen molar-refractivity contribution >= 4 is 15.9 Å². The first kappa shape index (κ1) is 14.3. The van der Waals surface area contributed by atoms with Gasteiger partial charge in [-0.2, -0.15) is 9.57 Å². The summed E-state index contributed by atoms with van der Waals surface area (Å²) < 4.78 is 24.2. The van der Waals surface area contributed by atoms with Gasteiger partial charge in [0, 0.05) is 26.2 Å². The zero-order valence-electron chi connectivity index (χ0n) is 11.3. The second-order valence-electron chi connectivity index (χ2n) is 5.66. The lowest BCUT2D eigenvalue weighted by molar-refractivity contribution is -0.146. The average Bonchev–Trinajstić information content (AvgIpc) is 2.33. The van der Waals surface area contributed by atoms with Crippen molar-refractivity contribution in [1.29, 1.82) is 5.26 Å². The highest BCUT2D eigenvalue weighted by molar-refractivity contribution is 7.88. The quantitative estimate of drug-likeness (QED) is 0.717. The summed E-state index contributed by atoms with van der Waals surface area (Å²) in [6, 6.07) is 2.16. The Labute approximate surface area is 114 Å². The predicted molar refractivity (Wildman–Crippen MR) is 69.4 cm³/mol. The summed E-state index contributed by atoms with van der Waals surface area (Å²) >= 11 is 0. The average molecular weight is 285 g/mol. The molecule has 1 heterocycles. The van der Waals surface area contributed by atoms with Crippen LogP contribution in [0.3, 0.4) is 0 Å². The summed E-state index contributed by atoms with van der Waals surface area (Å²) in [7, 11) is -3.19. The third kappa shape index (κ3) is 2.60. The molecule has 2 rings (SSSR count). The third-order valence-electron chi connectivity index (χ3n) is 4.01. The van der Waals surface area contributed by atoms with E-state index in [9.17, 15) is 18.5 Å². The molecular formula is C12H19N3O3S. The molecule has 1 saturated heterocycles. The lowest BCUT2D eigenvalue weighted by Gasteiger charge is -2.44. The van der Waals surface area contributed by atoms with Crippen LogP contribution >= 0.6 is 0 Å². The van der Waals surface area contributed by atoms with Crippen molar-refractivity contribution in [2.45, 2.75) is 19.8 Å². The normalized spacial score (nSPS) is 32.5. The molecule has 7 heteroatoms.